The quantitative estimate of drug-likeness (QED) is 0.817. The summed E-state index contributed by atoms with van der Waals surface area (Å²) in [6.07, 6.45) is 0. The Hall–Kier alpha value is -0.860. The van der Waals surface area contributed by atoms with E-state index in [-0.39, 0.29) is 17.9 Å². The van der Waals surface area contributed by atoms with Crippen LogP contribution in [0.5, 0.6) is 0 Å². The average molecular weight is 221 g/mol. The number of nitrogens with one attached hydrogen (secondary N) is 1. The van der Waals surface area contributed by atoms with Crippen molar-refractivity contribution in [2.24, 2.45) is 0 Å². The number of aliphatic hydroxyl groups is 1. The van der Waals surface area contributed by atoms with E-state index in [4.69, 9.17) is 0 Å². The van der Waals surface area contributed by atoms with Crippen molar-refractivity contribution in [2.45, 2.75) is 32.1 Å². The molecule has 90 valence electrons. The minimum atomic E-state index is 0.190. The summed E-state index contributed by atoms with van der Waals surface area (Å²) in [5, 5.41) is 12.4. The Morgan fingerprint density at radius 3 is 2.12 bits per heavy atom. The third kappa shape index (κ3) is 3.32. The van der Waals surface area contributed by atoms with Gasteiger partial charge in [0.25, 0.3) is 0 Å². The van der Waals surface area contributed by atoms with Gasteiger partial charge < -0.3 is 10.4 Å². The van der Waals surface area contributed by atoms with Gasteiger partial charge in [0.15, 0.2) is 0 Å². The van der Waals surface area contributed by atoms with Gasteiger partial charge in [0.1, 0.15) is 0 Å². The number of aliphatic hydroxyl groups excluding tert-OH is 1. The molecule has 0 fully saturated rings. The third-order valence-corrected chi connectivity index (χ3v) is 2.92. The molecule has 2 N–H and O–H groups in total. The van der Waals surface area contributed by atoms with Gasteiger partial charge in [-0.2, -0.15) is 0 Å². The van der Waals surface area contributed by atoms with Crippen LogP contribution >= 0.6 is 0 Å². The average Bonchev–Trinajstić information content (AvgIpc) is 2.25. The third-order valence-electron chi connectivity index (χ3n) is 2.92. The molecule has 2 heteroatoms. The summed E-state index contributed by atoms with van der Waals surface area (Å²) in [5.74, 6) is 0.194. The lowest BCUT2D eigenvalue weighted by Crippen LogP contribution is -2.20. The van der Waals surface area contributed by atoms with Crippen LogP contribution < -0.4 is 5.32 Å². The van der Waals surface area contributed by atoms with E-state index < -0.39 is 0 Å². The fourth-order valence-electron chi connectivity index (χ4n) is 1.79. The molecule has 0 radical (unpaired) electrons. The summed E-state index contributed by atoms with van der Waals surface area (Å²) in [4.78, 5) is 0. The zero-order chi connectivity index (χ0) is 12.2. The van der Waals surface area contributed by atoms with Crippen LogP contribution in [0.4, 0.5) is 0 Å². The van der Waals surface area contributed by atoms with Gasteiger partial charge in [0, 0.05) is 12.5 Å². The fraction of sp³-hybridized carbons (Fsp3) is 0.571. The number of likely N-dealkylation sites (N-methyl/N-ethyl adjacent to an activating group) is 1. The molecule has 1 unspecified atom stereocenters. The SMILES string of the molecule is CNCC(CO)c1ccc(C(C)(C)C)cc1. The smallest absolute Gasteiger partial charge is 0.0511 e. The maximum atomic E-state index is 9.30. The van der Waals surface area contributed by atoms with E-state index in [1.165, 1.54) is 11.1 Å². The second-order valence-electron chi connectivity index (χ2n) is 5.31. The highest BCUT2D eigenvalue weighted by Gasteiger charge is 2.14. The Balaban J connectivity index is 2.85. The summed E-state index contributed by atoms with van der Waals surface area (Å²) < 4.78 is 0. The predicted molar refractivity (Wildman–Crippen MR) is 68.9 cm³/mol. The summed E-state index contributed by atoms with van der Waals surface area (Å²) in [5.41, 5.74) is 2.72. The van der Waals surface area contributed by atoms with Gasteiger partial charge in [0.05, 0.1) is 6.61 Å². The van der Waals surface area contributed by atoms with Crippen LogP contribution in [0, 0.1) is 0 Å². The molecule has 0 aromatic heterocycles. The molecule has 1 aromatic carbocycles. The van der Waals surface area contributed by atoms with Crippen LogP contribution in [0.25, 0.3) is 0 Å². The van der Waals surface area contributed by atoms with Gasteiger partial charge in [-0.3, -0.25) is 0 Å². The minimum absolute atomic E-state index is 0.190. The second-order valence-corrected chi connectivity index (χ2v) is 5.31. The summed E-state index contributed by atoms with van der Waals surface area (Å²) >= 11 is 0. The normalized spacial score (nSPS) is 13.8. The number of rotatable bonds is 4. The van der Waals surface area contributed by atoms with Crippen molar-refractivity contribution in [3.8, 4) is 0 Å². The first-order valence-electron chi connectivity index (χ1n) is 5.85. The van der Waals surface area contributed by atoms with E-state index in [1.54, 1.807) is 0 Å². The van der Waals surface area contributed by atoms with Crippen LogP contribution in [0.3, 0.4) is 0 Å². The maximum absolute atomic E-state index is 9.30. The molecule has 0 aliphatic carbocycles. The van der Waals surface area contributed by atoms with Crippen LogP contribution in [0.1, 0.15) is 37.8 Å². The highest BCUT2D eigenvalue weighted by molar-refractivity contribution is 5.29. The van der Waals surface area contributed by atoms with Gasteiger partial charge >= 0.3 is 0 Å². The van der Waals surface area contributed by atoms with E-state index in [9.17, 15) is 5.11 Å². The van der Waals surface area contributed by atoms with Crippen LogP contribution in [0.15, 0.2) is 24.3 Å². The predicted octanol–water partition coefficient (Wildman–Crippen LogP) is 2.28. The summed E-state index contributed by atoms with van der Waals surface area (Å²) in [6, 6.07) is 8.57. The van der Waals surface area contributed by atoms with Gasteiger partial charge in [-0.05, 0) is 23.6 Å². The standard InChI is InChI=1S/C14H23NO/c1-14(2,3)13-7-5-11(6-8-13)12(10-16)9-15-4/h5-8,12,15-16H,9-10H2,1-4H3. The van der Waals surface area contributed by atoms with Gasteiger partial charge in [-0.25, -0.2) is 0 Å². The van der Waals surface area contributed by atoms with Crippen LogP contribution in [0.2, 0.25) is 0 Å². The zero-order valence-corrected chi connectivity index (χ0v) is 10.7. The molecule has 2 nitrogen and oxygen atoms in total. The molecule has 1 atom stereocenters. The Labute approximate surface area is 98.7 Å². The molecular weight excluding hydrogens is 198 g/mol. The van der Waals surface area contributed by atoms with E-state index in [1.807, 2.05) is 7.05 Å². The molecule has 0 spiro atoms. The molecule has 0 bridgehead atoms. The molecule has 0 saturated heterocycles. The van der Waals surface area contributed by atoms with Gasteiger partial charge in [-0.1, -0.05) is 45.0 Å². The molecule has 0 saturated carbocycles. The Kier molecular flexibility index (Phi) is 4.51. The van der Waals surface area contributed by atoms with Crippen molar-refractivity contribution in [3.05, 3.63) is 35.4 Å². The highest BCUT2D eigenvalue weighted by atomic mass is 16.3. The molecule has 0 aliphatic rings. The monoisotopic (exact) mass is 221 g/mol. The molecule has 0 aliphatic heterocycles. The summed E-state index contributed by atoms with van der Waals surface area (Å²) in [7, 11) is 1.91. The lowest BCUT2D eigenvalue weighted by Gasteiger charge is -2.20. The van der Waals surface area contributed by atoms with Crippen LogP contribution in [-0.4, -0.2) is 25.3 Å². The number of hydrogen-bond acceptors (Lipinski definition) is 2. The number of benzene rings is 1. The minimum Gasteiger partial charge on any atom is -0.396 e. The molecule has 0 heterocycles. The molecule has 0 amide bonds. The number of hydrogen-bond donors (Lipinski definition) is 2. The van der Waals surface area contributed by atoms with E-state index in [2.05, 4.69) is 50.4 Å². The zero-order valence-electron chi connectivity index (χ0n) is 10.7. The summed E-state index contributed by atoms with van der Waals surface area (Å²) in [6.45, 7) is 7.62. The first-order valence-corrected chi connectivity index (χ1v) is 5.85. The van der Waals surface area contributed by atoms with Crippen molar-refractivity contribution < 1.29 is 5.11 Å². The van der Waals surface area contributed by atoms with Crippen LogP contribution in [-0.2, 0) is 5.41 Å². The maximum Gasteiger partial charge on any atom is 0.0511 e. The van der Waals surface area contributed by atoms with Crippen molar-refractivity contribution in [1.82, 2.24) is 5.32 Å². The first kappa shape index (κ1) is 13.2. The Morgan fingerprint density at radius 2 is 1.75 bits per heavy atom. The highest BCUT2D eigenvalue weighted by Crippen LogP contribution is 2.24. The van der Waals surface area contributed by atoms with Crippen molar-refractivity contribution >= 4 is 0 Å². The van der Waals surface area contributed by atoms with Crippen molar-refractivity contribution in [1.29, 1.82) is 0 Å². The van der Waals surface area contributed by atoms with E-state index >= 15 is 0 Å². The van der Waals surface area contributed by atoms with Gasteiger partial charge in [-0.15, -0.1) is 0 Å². The second kappa shape index (κ2) is 5.46. The van der Waals surface area contributed by atoms with Crippen molar-refractivity contribution in [3.63, 3.8) is 0 Å². The molecule has 1 aromatic rings. The molecular formula is C14H23NO. The fourth-order valence-corrected chi connectivity index (χ4v) is 1.79. The van der Waals surface area contributed by atoms with E-state index in [0.29, 0.717) is 0 Å². The molecule has 1 rings (SSSR count). The van der Waals surface area contributed by atoms with Crippen molar-refractivity contribution in [2.75, 3.05) is 20.2 Å². The largest absolute Gasteiger partial charge is 0.396 e. The first-order chi connectivity index (χ1) is 7.49. The van der Waals surface area contributed by atoms with Gasteiger partial charge in [0.2, 0.25) is 0 Å². The molecule has 16 heavy (non-hydrogen) atoms. The lowest BCUT2D eigenvalue weighted by atomic mass is 9.85. The lowest BCUT2D eigenvalue weighted by molar-refractivity contribution is 0.263. The topological polar surface area (TPSA) is 32.3 Å². The Morgan fingerprint density at radius 1 is 1.19 bits per heavy atom. The van der Waals surface area contributed by atoms with E-state index in [0.717, 1.165) is 6.54 Å². The Bertz CT molecular complexity index is 311.